The largest absolute Gasteiger partial charge is 0.266 e. The first-order valence-electron chi connectivity index (χ1n) is 6.05. The highest BCUT2D eigenvalue weighted by molar-refractivity contribution is 9.10. The predicted molar refractivity (Wildman–Crippen MR) is 78.7 cm³/mol. The van der Waals surface area contributed by atoms with Crippen LogP contribution in [0.2, 0.25) is 0 Å². The van der Waals surface area contributed by atoms with Gasteiger partial charge in [0.15, 0.2) is 0 Å². The van der Waals surface area contributed by atoms with E-state index in [0.717, 1.165) is 0 Å². The SMILES string of the molecule is CC(C)(C)S(=O)NCCc1ccc(Br)c(F)c1C(F)F. The maximum atomic E-state index is 13.7. The fraction of sp³-hybridized carbons (Fsp3) is 0.538. The van der Waals surface area contributed by atoms with Crippen LogP contribution in [0.5, 0.6) is 0 Å². The third kappa shape index (κ3) is 4.56. The molecule has 1 aromatic carbocycles. The zero-order valence-corrected chi connectivity index (χ0v) is 13.9. The molecular weight excluding hydrogens is 355 g/mol. The van der Waals surface area contributed by atoms with Gasteiger partial charge >= 0.3 is 0 Å². The number of nitrogens with one attached hydrogen (secondary N) is 1. The van der Waals surface area contributed by atoms with Gasteiger partial charge in [-0.25, -0.2) is 22.1 Å². The number of hydrogen-bond donors (Lipinski definition) is 1. The molecule has 0 aliphatic heterocycles. The Bertz CT molecular complexity index is 503. The van der Waals surface area contributed by atoms with E-state index >= 15 is 0 Å². The highest BCUT2D eigenvalue weighted by Crippen LogP contribution is 2.30. The lowest BCUT2D eigenvalue weighted by Gasteiger charge is -2.18. The summed E-state index contributed by atoms with van der Waals surface area (Å²) in [5.41, 5.74) is -0.373. The summed E-state index contributed by atoms with van der Waals surface area (Å²) in [5.74, 6) is -0.936. The van der Waals surface area contributed by atoms with Crippen molar-refractivity contribution >= 4 is 26.9 Å². The quantitative estimate of drug-likeness (QED) is 0.828. The normalized spacial score (nSPS) is 13.8. The third-order valence-corrected chi connectivity index (χ3v) is 4.82. The molecule has 1 aromatic rings. The molecule has 1 atom stereocenters. The first-order valence-corrected chi connectivity index (χ1v) is 7.99. The van der Waals surface area contributed by atoms with E-state index in [1.807, 2.05) is 0 Å². The number of hydrogen-bond acceptors (Lipinski definition) is 1. The maximum absolute atomic E-state index is 13.7. The third-order valence-electron chi connectivity index (χ3n) is 2.62. The zero-order chi connectivity index (χ0) is 15.5. The molecule has 0 bridgehead atoms. The predicted octanol–water partition coefficient (Wildman–Crippen LogP) is 4.12. The van der Waals surface area contributed by atoms with Crippen molar-refractivity contribution in [3.8, 4) is 0 Å². The zero-order valence-electron chi connectivity index (χ0n) is 11.5. The number of alkyl halides is 2. The van der Waals surface area contributed by atoms with Gasteiger partial charge in [0.2, 0.25) is 0 Å². The van der Waals surface area contributed by atoms with Gasteiger partial charge in [-0.05, 0) is 54.8 Å². The summed E-state index contributed by atoms with van der Waals surface area (Å²) in [6.45, 7) is 5.66. The van der Waals surface area contributed by atoms with Crippen molar-refractivity contribution in [3.63, 3.8) is 0 Å². The molecule has 0 heterocycles. The molecule has 114 valence electrons. The lowest BCUT2D eigenvalue weighted by atomic mass is 10.0. The molecule has 0 saturated carbocycles. The second kappa shape index (κ2) is 7.04. The monoisotopic (exact) mass is 371 g/mol. The van der Waals surface area contributed by atoms with Crippen LogP contribution in [0.15, 0.2) is 16.6 Å². The summed E-state index contributed by atoms with van der Waals surface area (Å²) in [6.07, 6.45) is -2.69. The standard InChI is InChI=1S/C13H17BrF3NOS/c1-13(2,3)20(19)18-7-6-8-4-5-9(14)11(15)10(8)12(16)17/h4-5,12,18H,6-7H2,1-3H3. The molecule has 0 spiro atoms. The van der Waals surface area contributed by atoms with Crippen LogP contribution in [0.1, 0.15) is 38.3 Å². The van der Waals surface area contributed by atoms with Crippen LogP contribution in [-0.4, -0.2) is 15.5 Å². The maximum Gasteiger partial charge on any atom is 0.266 e. The van der Waals surface area contributed by atoms with E-state index in [0.29, 0.717) is 0 Å². The van der Waals surface area contributed by atoms with E-state index < -0.39 is 33.5 Å². The molecule has 0 aromatic heterocycles. The van der Waals surface area contributed by atoms with Gasteiger partial charge in [-0.1, -0.05) is 6.07 Å². The van der Waals surface area contributed by atoms with Gasteiger partial charge in [-0.3, -0.25) is 0 Å². The molecule has 2 nitrogen and oxygen atoms in total. The molecule has 0 amide bonds. The second-order valence-electron chi connectivity index (χ2n) is 5.26. The molecular formula is C13H17BrF3NOS. The van der Waals surface area contributed by atoms with Crippen molar-refractivity contribution in [1.29, 1.82) is 0 Å². The lowest BCUT2D eigenvalue weighted by molar-refractivity contribution is 0.145. The highest BCUT2D eigenvalue weighted by atomic mass is 79.9. The minimum absolute atomic E-state index is 0.0165. The number of rotatable bonds is 5. The van der Waals surface area contributed by atoms with Gasteiger partial charge in [0, 0.05) is 6.54 Å². The van der Waals surface area contributed by atoms with Crippen molar-refractivity contribution in [2.75, 3.05) is 6.54 Å². The molecule has 0 fully saturated rings. The smallest absolute Gasteiger partial charge is 0.242 e. The molecule has 0 radical (unpaired) electrons. The Kier molecular flexibility index (Phi) is 6.22. The molecule has 20 heavy (non-hydrogen) atoms. The average Bonchev–Trinajstić information content (AvgIpc) is 2.31. The van der Waals surface area contributed by atoms with Crippen LogP contribution >= 0.6 is 15.9 Å². The van der Waals surface area contributed by atoms with E-state index in [9.17, 15) is 17.4 Å². The van der Waals surface area contributed by atoms with E-state index in [4.69, 9.17) is 0 Å². The fourth-order valence-corrected chi connectivity index (χ4v) is 2.62. The second-order valence-corrected chi connectivity index (χ2v) is 8.17. The van der Waals surface area contributed by atoms with Crippen LogP contribution < -0.4 is 4.72 Å². The van der Waals surface area contributed by atoms with E-state index in [1.165, 1.54) is 12.1 Å². The highest BCUT2D eigenvalue weighted by Gasteiger charge is 2.22. The molecule has 1 N–H and O–H groups in total. The van der Waals surface area contributed by atoms with Crippen LogP contribution in [0.3, 0.4) is 0 Å². The first kappa shape index (κ1) is 17.7. The average molecular weight is 372 g/mol. The van der Waals surface area contributed by atoms with Gasteiger partial charge in [0.25, 0.3) is 6.43 Å². The lowest BCUT2D eigenvalue weighted by Crippen LogP contribution is -2.34. The van der Waals surface area contributed by atoms with Crippen molar-refractivity contribution < 1.29 is 17.4 Å². The Balaban J connectivity index is 2.79. The molecule has 0 aliphatic carbocycles. The van der Waals surface area contributed by atoms with Gasteiger partial charge in [0.1, 0.15) is 5.82 Å². The summed E-state index contributed by atoms with van der Waals surface area (Å²) < 4.78 is 53.6. The van der Waals surface area contributed by atoms with Crippen LogP contribution in [-0.2, 0) is 17.4 Å². The molecule has 7 heteroatoms. The minimum atomic E-state index is -2.88. The van der Waals surface area contributed by atoms with E-state index in [1.54, 1.807) is 20.8 Å². The van der Waals surface area contributed by atoms with Gasteiger partial charge < -0.3 is 0 Å². The van der Waals surface area contributed by atoms with Crippen molar-refractivity contribution in [1.82, 2.24) is 4.72 Å². The summed E-state index contributed by atoms with van der Waals surface area (Å²) in [4.78, 5) is 0. The van der Waals surface area contributed by atoms with E-state index in [-0.39, 0.29) is 23.0 Å². The van der Waals surface area contributed by atoms with Gasteiger partial charge in [0.05, 0.1) is 25.8 Å². The molecule has 1 rings (SSSR count). The topological polar surface area (TPSA) is 29.1 Å². The Morgan fingerprint density at radius 3 is 2.45 bits per heavy atom. The van der Waals surface area contributed by atoms with Crippen LogP contribution in [0.25, 0.3) is 0 Å². The summed E-state index contributed by atoms with van der Waals surface area (Å²) in [6, 6.07) is 2.85. The van der Waals surface area contributed by atoms with Crippen LogP contribution in [0, 0.1) is 5.82 Å². The first-order chi connectivity index (χ1) is 9.14. The van der Waals surface area contributed by atoms with Gasteiger partial charge in [-0.2, -0.15) is 0 Å². The number of halogens is 4. The van der Waals surface area contributed by atoms with E-state index in [2.05, 4.69) is 20.7 Å². The molecule has 0 aliphatic rings. The van der Waals surface area contributed by atoms with Crippen molar-refractivity contribution in [2.24, 2.45) is 0 Å². The Hall–Kier alpha value is -0.400. The Morgan fingerprint density at radius 1 is 1.35 bits per heavy atom. The summed E-state index contributed by atoms with van der Waals surface area (Å²) in [7, 11) is -1.28. The Morgan fingerprint density at radius 2 is 1.95 bits per heavy atom. The van der Waals surface area contributed by atoms with Crippen molar-refractivity contribution in [2.45, 2.75) is 38.4 Å². The molecule has 1 unspecified atom stereocenters. The minimum Gasteiger partial charge on any atom is -0.242 e. The Labute approximate surface area is 127 Å². The number of benzene rings is 1. The molecule has 0 saturated heterocycles. The van der Waals surface area contributed by atoms with Gasteiger partial charge in [-0.15, -0.1) is 0 Å². The van der Waals surface area contributed by atoms with Crippen LogP contribution in [0.4, 0.5) is 13.2 Å². The summed E-state index contributed by atoms with van der Waals surface area (Å²) >= 11 is 2.89. The van der Waals surface area contributed by atoms with Crippen molar-refractivity contribution in [3.05, 3.63) is 33.5 Å². The fourth-order valence-electron chi connectivity index (χ4n) is 1.56. The summed E-state index contributed by atoms with van der Waals surface area (Å²) in [5, 5.41) is 0.